The van der Waals surface area contributed by atoms with Crippen molar-refractivity contribution < 1.29 is 9.59 Å². The normalized spacial score (nSPS) is 19.4. The summed E-state index contributed by atoms with van der Waals surface area (Å²) in [4.78, 5) is 35.7. The molecule has 0 bridgehead atoms. The lowest BCUT2D eigenvalue weighted by Crippen LogP contribution is -2.48. The number of piperazine rings is 1. The van der Waals surface area contributed by atoms with Crippen LogP contribution in [0.2, 0.25) is 0 Å². The summed E-state index contributed by atoms with van der Waals surface area (Å²) in [7, 11) is 0. The Labute approximate surface area is 173 Å². The first-order valence-corrected chi connectivity index (χ1v) is 11.6. The van der Waals surface area contributed by atoms with Crippen LogP contribution >= 0.6 is 22.7 Å². The predicted octanol–water partition coefficient (Wildman–Crippen LogP) is 2.34. The molecule has 2 amide bonds. The van der Waals surface area contributed by atoms with Crippen molar-refractivity contribution >= 4 is 39.6 Å². The molecule has 1 N–H and O–H groups in total. The molecule has 0 aromatic carbocycles. The topological polar surface area (TPSA) is 65.5 Å². The van der Waals surface area contributed by atoms with Crippen molar-refractivity contribution in [2.75, 3.05) is 37.6 Å². The molecule has 1 aliphatic carbocycles. The molecule has 6 nitrogen and oxygen atoms in total. The number of rotatable bonds is 5. The average molecular weight is 419 g/mol. The van der Waals surface area contributed by atoms with Crippen LogP contribution in [0, 0.1) is 5.92 Å². The molecule has 1 saturated heterocycles. The predicted molar refractivity (Wildman–Crippen MR) is 113 cm³/mol. The monoisotopic (exact) mass is 418 g/mol. The second kappa shape index (κ2) is 8.61. The number of hydrogen-bond acceptors (Lipinski definition) is 6. The lowest BCUT2D eigenvalue weighted by atomic mass is 9.90. The van der Waals surface area contributed by atoms with E-state index in [0.29, 0.717) is 6.54 Å². The van der Waals surface area contributed by atoms with Gasteiger partial charge in [-0.1, -0.05) is 6.07 Å². The molecular weight excluding hydrogens is 392 g/mol. The quantitative estimate of drug-likeness (QED) is 0.809. The number of thiophene rings is 1. The van der Waals surface area contributed by atoms with Gasteiger partial charge in [0.15, 0.2) is 5.13 Å². The third kappa shape index (κ3) is 4.38. The summed E-state index contributed by atoms with van der Waals surface area (Å²) in [5, 5.41) is 6.23. The summed E-state index contributed by atoms with van der Waals surface area (Å²) >= 11 is 3.46. The third-order valence-corrected chi connectivity index (χ3v) is 7.66. The van der Waals surface area contributed by atoms with E-state index in [9.17, 15) is 9.59 Å². The molecule has 2 aromatic heterocycles. The van der Waals surface area contributed by atoms with Gasteiger partial charge >= 0.3 is 0 Å². The first-order valence-electron chi connectivity index (χ1n) is 9.89. The molecule has 1 atom stereocenters. The summed E-state index contributed by atoms with van der Waals surface area (Å²) in [5.41, 5.74) is 1.16. The number of aryl methyl sites for hydroxylation is 1. The molecule has 4 rings (SSSR count). The van der Waals surface area contributed by atoms with Gasteiger partial charge < -0.3 is 15.1 Å². The van der Waals surface area contributed by atoms with Crippen LogP contribution in [0.5, 0.6) is 0 Å². The van der Waals surface area contributed by atoms with Crippen LogP contribution in [-0.4, -0.2) is 54.4 Å². The minimum atomic E-state index is 0.0543. The van der Waals surface area contributed by atoms with Crippen LogP contribution in [0.4, 0.5) is 5.13 Å². The van der Waals surface area contributed by atoms with Crippen LogP contribution in [0.25, 0.3) is 0 Å². The van der Waals surface area contributed by atoms with Gasteiger partial charge in [-0.15, -0.1) is 22.7 Å². The number of nitrogens with one attached hydrogen (secondary N) is 1. The number of aromatic nitrogens is 1. The summed E-state index contributed by atoms with van der Waals surface area (Å²) in [6.45, 7) is 5.52. The van der Waals surface area contributed by atoms with Crippen molar-refractivity contribution in [3.8, 4) is 0 Å². The van der Waals surface area contributed by atoms with Gasteiger partial charge in [0, 0.05) is 55.3 Å². The Hall–Kier alpha value is -1.93. The van der Waals surface area contributed by atoms with Gasteiger partial charge in [-0.05, 0) is 37.1 Å². The van der Waals surface area contributed by atoms with Gasteiger partial charge in [0.05, 0.1) is 5.69 Å². The van der Waals surface area contributed by atoms with E-state index in [1.165, 1.54) is 9.75 Å². The van der Waals surface area contributed by atoms with Gasteiger partial charge in [0.25, 0.3) is 0 Å². The van der Waals surface area contributed by atoms with E-state index < -0.39 is 0 Å². The molecule has 28 heavy (non-hydrogen) atoms. The zero-order valence-corrected chi connectivity index (χ0v) is 17.8. The van der Waals surface area contributed by atoms with E-state index >= 15 is 0 Å². The zero-order valence-electron chi connectivity index (χ0n) is 16.1. The Balaban J connectivity index is 1.30. The molecule has 0 spiro atoms. The van der Waals surface area contributed by atoms with E-state index in [1.807, 2.05) is 11.0 Å². The maximum absolute atomic E-state index is 12.6. The number of fused-ring (bicyclic) bond motifs is 1. The molecule has 1 fully saturated rings. The summed E-state index contributed by atoms with van der Waals surface area (Å²) < 4.78 is 0. The van der Waals surface area contributed by atoms with Crippen LogP contribution < -0.4 is 10.2 Å². The number of carbonyl (C=O) groups is 2. The van der Waals surface area contributed by atoms with Gasteiger partial charge in [-0.3, -0.25) is 9.59 Å². The third-order valence-electron chi connectivity index (χ3n) is 5.55. The highest BCUT2D eigenvalue weighted by molar-refractivity contribution is 7.15. The SMILES string of the molecule is CC(=O)N1CCN(c2nc3c(s2)C[C@@H](C(=O)NCCc2cccs2)CC3)CC1. The Kier molecular flexibility index (Phi) is 5.96. The highest BCUT2D eigenvalue weighted by atomic mass is 32.1. The molecule has 0 unspecified atom stereocenters. The summed E-state index contributed by atoms with van der Waals surface area (Å²) in [6, 6.07) is 4.16. The Morgan fingerprint density at radius 3 is 2.82 bits per heavy atom. The average Bonchev–Trinajstić information content (AvgIpc) is 3.37. The molecular formula is C20H26N4O2S2. The van der Waals surface area contributed by atoms with Crippen molar-refractivity contribution in [2.45, 2.75) is 32.6 Å². The van der Waals surface area contributed by atoms with E-state index in [1.54, 1.807) is 29.6 Å². The van der Waals surface area contributed by atoms with Gasteiger partial charge in [-0.2, -0.15) is 0 Å². The lowest BCUT2D eigenvalue weighted by Gasteiger charge is -2.33. The standard InChI is InChI=1S/C20H26N4O2S2/c1-14(25)23-8-10-24(11-9-23)20-22-17-5-4-15(13-18(17)28-20)19(26)21-7-6-16-3-2-12-27-16/h2-3,12,15H,4-11,13H2,1H3,(H,21,26)/t15-/m0/s1. The molecule has 2 aromatic rings. The number of thiazole rings is 1. The second-order valence-electron chi connectivity index (χ2n) is 7.42. The van der Waals surface area contributed by atoms with Gasteiger partial charge in [-0.25, -0.2) is 4.98 Å². The zero-order chi connectivity index (χ0) is 19.5. The number of amides is 2. The first kappa shape index (κ1) is 19.4. The van der Waals surface area contributed by atoms with Crippen LogP contribution in [0.1, 0.15) is 28.8 Å². The van der Waals surface area contributed by atoms with Crippen LogP contribution in [-0.2, 0) is 28.9 Å². The van der Waals surface area contributed by atoms with Crippen LogP contribution in [0.15, 0.2) is 17.5 Å². The Morgan fingerprint density at radius 1 is 1.29 bits per heavy atom. The highest BCUT2D eigenvalue weighted by Gasteiger charge is 2.29. The van der Waals surface area contributed by atoms with Gasteiger partial charge in [0.2, 0.25) is 11.8 Å². The Bertz CT molecular complexity index is 825. The fraction of sp³-hybridized carbons (Fsp3) is 0.550. The van der Waals surface area contributed by atoms with Crippen molar-refractivity contribution in [3.63, 3.8) is 0 Å². The maximum atomic E-state index is 12.6. The number of anilines is 1. The number of hydrogen-bond donors (Lipinski definition) is 1. The largest absolute Gasteiger partial charge is 0.355 e. The summed E-state index contributed by atoms with van der Waals surface area (Å²) in [6.07, 6.45) is 3.45. The molecule has 8 heteroatoms. The minimum Gasteiger partial charge on any atom is -0.355 e. The van der Waals surface area contributed by atoms with E-state index in [0.717, 1.165) is 62.7 Å². The Morgan fingerprint density at radius 2 is 2.11 bits per heavy atom. The van der Waals surface area contributed by atoms with Crippen molar-refractivity contribution in [1.82, 2.24) is 15.2 Å². The molecule has 3 heterocycles. The molecule has 1 aliphatic heterocycles. The van der Waals surface area contributed by atoms with E-state index in [-0.39, 0.29) is 17.7 Å². The van der Waals surface area contributed by atoms with E-state index in [2.05, 4.69) is 21.7 Å². The number of carbonyl (C=O) groups excluding carboxylic acids is 2. The van der Waals surface area contributed by atoms with Crippen molar-refractivity contribution in [2.24, 2.45) is 5.92 Å². The second-order valence-corrected chi connectivity index (χ2v) is 9.51. The number of nitrogens with zero attached hydrogens (tertiary/aromatic N) is 3. The van der Waals surface area contributed by atoms with Gasteiger partial charge in [0.1, 0.15) is 0 Å². The molecule has 0 radical (unpaired) electrons. The maximum Gasteiger partial charge on any atom is 0.223 e. The fourth-order valence-corrected chi connectivity index (χ4v) is 5.79. The van der Waals surface area contributed by atoms with Crippen molar-refractivity contribution in [1.29, 1.82) is 0 Å². The van der Waals surface area contributed by atoms with Crippen molar-refractivity contribution in [3.05, 3.63) is 33.0 Å². The lowest BCUT2D eigenvalue weighted by molar-refractivity contribution is -0.129. The minimum absolute atomic E-state index is 0.0543. The molecule has 0 saturated carbocycles. The van der Waals surface area contributed by atoms with E-state index in [4.69, 9.17) is 4.98 Å². The smallest absolute Gasteiger partial charge is 0.223 e. The first-order chi connectivity index (χ1) is 13.6. The highest BCUT2D eigenvalue weighted by Crippen LogP contribution is 2.34. The van der Waals surface area contributed by atoms with Crippen LogP contribution in [0.3, 0.4) is 0 Å². The summed E-state index contributed by atoms with van der Waals surface area (Å²) in [5.74, 6) is 0.372. The fourth-order valence-electron chi connectivity index (χ4n) is 3.84. The molecule has 150 valence electrons. The molecule has 2 aliphatic rings.